The van der Waals surface area contributed by atoms with E-state index in [1.807, 2.05) is 42.5 Å². The van der Waals surface area contributed by atoms with Gasteiger partial charge in [0.1, 0.15) is 0 Å². The molecule has 0 aliphatic carbocycles. The summed E-state index contributed by atoms with van der Waals surface area (Å²) in [5.41, 5.74) is 3.78. The molecule has 3 aromatic heterocycles. The van der Waals surface area contributed by atoms with Crippen LogP contribution in [0.3, 0.4) is 0 Å². The summed E-state index contributed by atoms with van der Waals surface area (Å²) in [6.07, 6.45) is 8.45. The lowest BCUT2D eigenvalue weighted by Crippen LogP contribution is -2.13. The van der Waals surface area contributed by atoms with Crippen LogP contribution in [-0.4, -0.2) is 20.9 Å². The van der Waals surface area contributed by atoms with Gasteiger partial charge in [-0.2, -0.15) is 0 Å². The minimum Gasteiger partial charge on any atom is -0.380 e. The number of anilines is 2. The van der Waals surface area contributed by atoms with Gasteiger partial charge in [0.25, 0.3) is 5.91 Å². The van der Waals surface area contributed by atoms with Crippen LogP contribution >= 0.6 is 0 Å². The van der Waals surface area contributed by atoms with E-state index in [2.05, 4.69) is 25.6 Å². The maximum atomic E-state index is 12.7. The Labute approximate surface area is 156 Å². The van der Waals surface area contributed by atoms with E-state index in [4.69, 9.17) is 0 Å². The molecule has 3 heterocycles. The molecule has 6 heteroatoms. The van der Waals surface area contributed by atoms with Crippen molar-refractivity contribution in [3.05, 3.63) is 90.6 Å². The molecular weight excluding hydrogens is 338 g/mol. The Bertz CT molecular complexity index is 1080. The maximum Gasteiger partial charge on any atom is 0.257 e. The van der Waals surface area contributed by atoms with Gasteiger partial charge < -0.3 is 10.6 Å². The fraction of sp³-hybridized carbons (Fsp3) is 0.0476. The zero-order chi connectivity index (χ0) is 18.5. The molecule has 132 valence electrons. The zero-order valence-electron chi connectivity index (χ0n) is 14.5. The molecule has 0 fully saturated rings. The second kappa shape index (κ2) is 7.61. The molecule has 0 radical (unpaired) electrons. The molecular formula is C21H17N5O. The van der Waals surface area contributed by atoms with E-state index in [0.717, 1.165) is 22.2 Å². The second-order valence-electron chi connectivity index (χ2n) is 6.01. The van der Waals surface area contributed by atoms with Crippen LogP contribution in [0.15, 0.2) is 79.5 Å². The van der Waals surface area contributed by atoms with Crippen LogP contribution in [0, 0.1) is 0 Å². The Morgan fingerprint density at radius 1 is 0.926 bits per heavy atom. The Balaban J connectivity index is 1.50. The molecule has 1 amide bonds. The van der Waals surface area contributed by atoms with E-state index in [1.54, 1.807) is 37.1 Å². The Morgan fingerprint density at radius 3 is 2.67 bits per heavy atom. The number of carbonyl (C=O) groups excluding carboxylic acids is 1. The van der Waals surface area contributed by atoms with Crippen molar-refractivity contribution in [2.24, 2.45) is 0 Å². The van der Waals surface area contributed by atoms with Crippen molar-refractivity contribution in [3.8, 4) is 0 Å². The topological polar surface area (TPSA) is 79.8 Å². The maximum absolute atomic E-state index is 12.7. The lowest BCUT2D eigenvalue weighted by molar-refractivity contribution is 0.102. The Kier molecular flexibility index (Phi) is 4.70. The first-order valence-corrected chi connectivity index (χ1v) is 8.52. The molecule has 0 spiro atoms. The zero-order valence-corrected chi connectivity index (χ0v) is 14.5. The highest BCUT2D eigenvalue weighted by Crippen LogP contribution is 2.21. The fourth-order valence-electron chi connectivity index (χ4n) is 2.77. The van der Waals surface area contributed by atoms with Crippen molar-refractivity contribution in [1.82, 2.24) is 15.0 Å². The third-order valence-corrected chi connectivity index (χ3v) is 4.13. The number of nitrogens with one attached hydrogen (secondary N) is 2. The number of nitrogens with zero attached hydrogens (tertiary/aromatic N) is 3. The second-order valence-corrected chi connectivity index (χ2v) is 6.01. The van der Waals surface area contributed by atoms with Crippen molar-refractivity contribution in [1.29, 1.82) is 0 Å². The van der Waals surface area contributed by atoms with Crippen LogP contribution in [0.2, 0.25) is 0 Å². The van der Waals surface area contributed by atoms with E-state index in [9.17, 15) is 4.79 Å². The highest BCUT2D eigenvalue weighted by Gasteiger charge is 2.10. The molecule has 0 aliphatic rings. The first kappa shape index (κ1) is 16.7. The van der Waals surface area contributed by atoms with Crippen LogP contribution in [-0.2, 0) is 6.54 Å². The van der Waals surface area contributed by atoms with Crippen molar-refractivity contribution < 1.29 is 4.79 Å². The van der Waals surface area contributed by atoms with Crippen LogP contribution in [0.4, 0.5) is 11.4 Å². The highest BCUT2D eigenvalue weighted by atomic mass is 16.1. The normalized spacial score (nSPS) is 10.5. The number of amides is 1. The van der Waals surface area contributed by atoms with Crippen molar-refractivity contribution in [3.63, 3.8) is 0 Å². The van der Waals surface area contributed by atoms with Gasteiger partial charge in [0.2, 0.25) is 0 Å². The molecule has 6 nitrogen and oxygen atoms in total. The molecule has 4 aromatic rings. The molecule has 0 unspecified atom stereocenters. The quantitative estimate of drug-likeness (QED) is 0.568. The van der Waals surface area contributed by atoms with Crippen LogP contribution in [0.5, 0.6) is 0 Å². The highest BCUT2D eigenvalue weighted by molar-refractivity contribution is 6.08. The predicted molar refractivity (Wildman–Crippen MR) is 105 cm³/mol. The third-order valence-electron chi connectivity index (χ3n) is 4.13. The first-order chi connectivity index (χ1) is 13.3. The molecule has 27 heavy (non-hydrogen) atoms. The molecule has 0 atom stereocenters. The van der Waals surface area contributed by atoms with Gasteiger partial charge in [-0.25, -0.2) is 0 Å². The van der Waals surface area contributed by atoms with Gasteiger partial charge in [-0.3, -0.25) is 19.7 Å². The summed E-state index contributed by atoms with van der Waals surface area (Å²) in [5, 5.41) is 7.17. The van der Waals surface area contributed by atoms with Gasteiger partial charge in [-0.1, -0.05) is 18.2 Å². The van der Waals surface area contributed by atoms with Gasteiger partial charge in [0.05, 0.1) is 22.5 Å². The minimum atomic E-state index is -0.229. The molecule has 0 saturated heterocycles. The summed E-state index contributed by atoms with van der Waals surface area (Å²) < 4.78 is 0. The number of para-hydroxylation sites is 1. The lowest BCUT2D eigenvalue weighted by Gasteiger charge is -2.10. The monoisotopic (exact) mass is 355 g/mol. The van der Waals surface area contributed by atoms with Gasteiger partial charge in [0.15, 0.2) is 0 Å². The number of fused-ring (bicyclic) bond motifs is 1. The van der Waals surface area contributed by atoms with Gasteiger partial charge >= 0.3 is 0 Å². The number of hydrogen-bond donors (Lipinski definition) is 2. The van der Waals surface area contributed by atoms with E-state index in [0.29, 0.717) is 17.8 Å². The number of carbonyl (C=O) groups is 1. The average molecular weight is 355 g/mol. The molecule has 4 rings (SSSR count). The van der Waals surface area contributed by atoms with E-state index >= 15 is 0 Å². The predicted octanol–water partition coefficient (Wildman–Crippen LogP) is 3.89. The third kappa shape index (κ3) is 3.90. The number of aromatic nitrogens is 3. The molecule has 2 N–H and O–H groups in total. The van der Waals surface area contributed by atoms with Crippen LogP contribution in [0.25, 0.3) is 10.9 Å². The van der Waals surface area contributed by atoms with Gasteiger partial charge in [-0.05, 0) is 35.9 Å². The molecule has 0 bridgehead atoms. The summed E-state index contributed by atoms with van der Waals surface area (Å²) in [6.45, 7) is 0.627. The van der Waals surface area contributed by atoms with Crippen molar-refractivity contribution in [2.75, 3.05) is 10.6 Å². The largest absolute Gasteiger partial charge is 0.380 e. The van der Waals surface area contributed by atoms with E-state index in [-0.39, 0.29) is 5.91 Å². The van der Waals surface area contributed by atoms with E-state index < -0.39 is 0 Å². The fourth-order valence-corrected chi connectivity index (χ4v) is 2.77. The molecule has 1 aromatic carbocycles. The summed E-state index contributed by atoms with van der Waals surface area (Å²) in [6, 6.07) is 15.2. The average Bonchev–Trinajstić information content (AvgIpc) is 2.73. The van der Waals surface area contributed by atoms with Crippen LogP contribution in [0.1, 0.15) is 15.9 Å². The summed E-state index contributed by atoms with van der Waals surface area (Å²) in [4.78, 5) is 25.2. The molecule has 0 saturated carbocycles. The number of pyridine rings is 3. The van der Waals surface area contributed by atoms with Crippen molar-refractivity contribution >= 4 is 28.2 Å². The standard InChI is InChI=1S/C21H17N5O/c27-21(26-19-5-1-3-16-4-2-8-24-20(16)19)17-11-18(14-23-13-17)25-12-15-6-9-22-10-7-15/h1-11,13-14,25H,12H2,(H,26,27). The smallest absolute Gasteiger partial charge is 0.257 e. The number of rotatable bonds is 5. The van der Waals surface area contributed by atoms with Gasteiger partial charge in [-0.15, -0.1) is 0 Å². The van der Waals surface area contributed by atoms with Gasteiger partial charge in [0, 0.05) is 42.9 Å². The Hall–Kier alpha value is -3.80. The van der Waals surface area contributed by atoms with E-state index in [1.165, 1.54) is 0 Å². The lowest BCUT2D eigenvalue weighted by atomic mass is 10.1. The summed E-state index contributed by atoms with van der Waals surface area (Å²) >= 11 is 0. The van der Waals surface area contributed by atoms with Crippen LogP contribution < -0.4 is 10.6 Å². The summed E-state index contributed by atoms with van der Waals surface area (Å²) in [5.74, 6) is -0.229. The first-order valence-electron chi connectivity index (χ1n) is 8.52. The molecule has 0 aliphatic heterocycles. The Morgan fingerprint density at radius 2 is 1.78 bits per heavy atom. The summed E-state index contributed by atoms with van der Waals surface area (Å²) in [7, 11) is 0. The van der Waals surface area contributed by atoms with Crippen molar-refractivity contribution in [2.45, 2.75) is 6.54 Å². The number of benzene rings is 1. The SMILES string of the molecule is O=C(Nc1cccc2cccnc12)c1cncc(NCc2ccncc2)c1. The minimum absolute atomic E-state index is 0.229. The number of hydrogen-bond acceptors (Lipinski definition) is 5.